The summed E-state index contributed by atoms with van der Waals surface area (Å²) in [6, 6.07) is 4.55. The molecule has 0 spiro atoms. The summed E-state index contributed by atoms with van der Waals surface area (Å²) in [6.45, 7) is 2.15. The zero-order chi connectivity index (χ0) is 7.84. The van der Waals surface area contributed by atoms with Crippen molar-refractivity contribution in [2.24, 2.45) is 0 Å². The summed E-state index contributed by atoms with van der Waals surface area (Å²) in [5.41, 5.74) is 4.38. The van der Waals surface area contributed by atoms with Crippen LogP contribution in [0, 0.1) is 6.92 Å². The van der Waals surface area contributed by atoms with Crippen LogP contribution in [0.3, 0.4) is 0 Å². The molecule has 11 heavy (non-hydrogen) atoms. The smallest absolute Gasteiger partial charge is 0.0207 e. The summed E-state index contributed by atoms with van der Waals surface area (Å²) >= 11 is 5.54. The summed E-state index contributed by atoms with van der Waals surface area (Å²) < 4.78 is 1.25. The van der Waals surface area contributed by atoms with Gasteiger partial charge in [-0.15, -0.1) is 0 Å². The third-order valence-electron chi connectivity index (χ3n) is 2.00. The fourth-order valence-electron chi connectivity index (χ4n) is 1.32. The first-order valence-corrected chi connectivity index (χ1v) is 5.58. The molecule has 0 saturated carbocycles. The molecule has 0 radical (unpaired) electrons. The number of rotatable bonds is 0. The monoisotopic (exact) mass is 228 g/mol. The van der Waals surface area contributed by atoms with Crippen LogP contribution in [-0.4, -0.2) is 0 Å². The molecule has 0 amide bonds. The van der Waals surface area contributed by atoms with Gasteiger partial charge in [0, 0.05) is 16.0 Å². The van der Waals surface area contributed by atoms with Gasteiger partial charge in [0.1, 0.15) is 0 Å². The summed E-state index contributed by atoms with van der Waals surface area (Å²) in [5.74, 6) is 2.39. The lowest BCUT2D eigenvalue weighted by Gasteiger charge is -2.01. The molecule has 1 aromatic carbocycles. The number of hydrogen-bond donors (Lipinski definition) is 0. The number of halogens is 1. The normalized spacial score (nSPS) is 15.1. The number of fused-ring (bicyclic) bond motifs is 1. The molecule has 0 bridgehead atoms. The van der Waals surface area contributed by atoms with Crippen LogP contribution < -0.4 is 0 Å². The highest BCUT2D eigenvalue weighted by atomic mass is 79.9. The van der Waals surface area contributed by atoms with E-state index < -0.39 is 0 Å². The Morgan fingerprint density at radius 1 is 1.27 bits per heavy atom. The first-order valence-electron chi connectivity index (χ1n) is 3.63. The van der Waals surface area contributed by atoms with Crippen LogP contribution >= 0.6 is 27.7 Å². The van der Waals surface area contributed by atoms with E-state index in [1.54, 1.807) is 0 Å². The molecule has 0 nitrogen and oxygen atoms in total. The molecule has 2 rings (SSSR count). The summed E-state index contributed by atoms with van der Waals surface area (Å²) in [7, 11) is 0. The quantitative estimate of drug-likeness (QED) is 0.656. The first kappa shape index (κ1) is 7.69. The van der Waals surface area contributed by atoms with Crippen molar-refractivity contribution in [3.63, 3.8) is 0 Å². The minimum absolute atomic E-state index is 1.19. The summed E-state index contributed by atoms with van der Waals surface area (Å²) in [5, 5.41) is 0. The molecule has 1 aliphatic rings. The fourth-order valence-corrected chi connectivity index (χ4v) is 2.79. The molecule has 0 saturated heterocycles. The molecule has 0 unspecified atom stereocenters. The molecular formula is C9H9BrS. The number of thioether (sulfide) groups is 1. The van der Waals surface area contributed by atoms with Crippen molar-refractivity contribution in [2.45, 2.75) is 18.4 Å². The molecule has 0 fully saturated rings. The van der Waals surface area contributed by atoms with Crippen LogP contribution in [0.1, 0.15) is 16.7 Å². The van der Waals surface area contributed by atoms with Crippen LogP contribution in [0.25, 0.3) is 0 Å². The highest BCUT2D eigenvalue weighted by molar-refractivity contribution is 9.10. The minimum Gasteiger partial charge on any atom is -0.152 e. The molecule has 0 aromatic heterocycles. The highest BCUT2D eigenvalue weighted by Gasteiger charge is 2.11. The molecule has 1 aromatic rings. The van der Waals surface area contributed by atoms with Gasteiger partial charge in [-0.25, -0.2) is 0 Å². The second kappa shape index (κ2) is 2.83. The van der Waals surface area contributed by atoms with Gasteiger partial charge < -0.3 is 0 Å². The predicted octanol–water partition coefficient (Wildman–Crippen LogP) is 3.50. The number of aryl methyl sites for hydroxylation is 1. The first-order chi connectivity index (χ1) is 5.27. The standard InChI is InChI=1S/C9H9BrS/c1-6-2-7-4-11-5-8(7)3-9(6)10/h2-3H,4-5H2,1H3. The fraction of sp³-hybridized carbons (Fsp3) is 0.333. The van der Waals surface area contributed by atoms with Crippen molar-refractivity contribution in [1.82, 2.24) is 0 Å². The Balaban J connectivity index is 2.57. The number of hydrogen-bond acceptors (Lipinski definition) is 1. The largest absolute Gasteiger partial charge is 0.152 e. The van der Waals surface area contributed by atoms with Gasteiger partial charge >= 0.3 is 0 Å². The van der Waals surface area contributed by atoms with E-state index in [2.05, 4.69) is 35.0 Å². The Hall–Kier alpha value is 0.0500. The molecular weight excluding hydrogens is 220 g/mol. The predicted molar refractivity (Wildman–Crippen MR) is 53.9 cm³/mol. The van der Waals surface area contributed by atoms with E-state index in [1.807, 2.05) is 11.8 Å². The lowest BCUT2D eigenvalue weighted by atomic mass is 10.1. The molecule has 0 N–H and O–H groups in total. The second-order valence-corrected chi connectivity index (χ2v) is 4.70. The van der Waals surface area contributed by atoms with Gasteiger partial charge in [-0.3, -0.25) is 0 Å². The van der Waals surface area contributed by atoms with Crippen LogP contribution in [0.4, 0.5) is 0 Å². The third-order valence-corrected chi connectivity index (χ3v) is 3.88. The average molecular weight is 229 g/mol. The van der Waals surface area contributed by atoms with Crippen molar-refractivity contribution in [3.05, 3.63) is 33.3 Å². The maximum absolute atomic E-state index is 3.54. The van der Waals surface area contributed by atoms with Crippen LogP contribution in [-0.2, 0) is 11.5 Å². The van der Waals surface area contributed by atoms with E-state index in [-0.39, 0.29) is 0 Å². The van der Waals surface area contributed by atoms with E-state index >= 15 is 0 Å². The molecule has 0 atom stereocenters. The van der Waals surface area contributed by atoms with Gasteiger partial charge in [-0.1, -0.05) is 22.0 Å². The van der Waals surface area contributed by atoms with E-state index in [4.69, 9.17) is 0 Å². The molecule has 2 heteroatoms. The van der Waals surface area contributed by atoms with Gasteiger partial charge in [0.05, 0.1) is 0 Å². The van der Waals surface area contributed by atoms with Gasteiger partial charge in [0.15, 0.2) is 0 Å². The van der Waals surface area contributed by atoms with E-state index in [0.717, 1.165) is 0 Å². The molecule has 0 aliphatic carbocycles. The van der Waals surface area contributed by atoms with Crippen LogP contribution in [0.15, 0.2) is 16.6 Å². The van der Waals surface area contributed by atoms with Crippen molar-refractivity contribution in [2.75, 3.05) is 0 Å². The Bertz CT molecular complexity index is 265. The Kier molecular flexibility index (Phi) is 1.98. The maximum Gasteiger partial charge on any atom is 0.0207 e. The third kappa shape index (κ3) is 1.34. The lowest BCUT2D eigenvalue weighted by Crippen LogP contribution is -1.84. The SMILES string of the molecule is Cc1cc2c(cc1Br)CSC2. The van der Waals surface area contributed by atoms with Gasteiger partial charge in [0.25, 0.3) is 0 Å². The topological polar surface area (TPSA) is 0 Å². The summed E-state index contributed by atoms with van der Waals surface area (Å²) in [4.78, 5) is 0. The van der Waals surface area contributed by atoms with Crippen molar-refractivity contribution in [1.29, 1.82) is 0 Å². The van der Waals surface area contributed by atoms with Crippen LogP contribution in [0.5, 0.6) is 0 Å². The number of benzene rings is 1. The van der Waals surface area contributed by atoms with Crippen molar-refractivity contribution in [3.8, 4) is 0 Å². The minimum atomic E-state index is 1.19. The van der Waals surface area contributed by atoms with Crippen LogP contribution in [0.2, 0.25) is 0 Å². The Morgan fingerprint density at radius 2 is 1.91 bits per heavy atom. The Morgan fingerprint density at radius 3 is 2.64 bits per heavy atom. The van der Waals surface area contributed by atoms with E-state index in [9.17, 15) is 0 Å². The summed E-state index contributed by atoms with van der Waals surface area (Å²) in [6.07, 6.45) is 0. The van der Waals surface area contributed by atoms with Gasteiger partial charge in [-0.05, 0) is 29.7 Å². The van der Waals surface area contributed by atoms with Gasteiger partial charge in [-0.2, -0.15) is 11.8 Å². The Labute approximate surface area is 79.5 Å². The second-order valence-electron chi connectivity index (χ2n) is 2.86. The zero-order valence-electron chi connectivity index (χ0n) is 6.36. The molecule has 1 heterocycles. The van der Waals surface area contributed by atoms with Crippen molar-refractivity contribution >= 4 is 27.7 Å². The lowest BCUT2D eigenvalue weighted by molar-refractivity contribution is 1.29. The maximum atomic E-state index is 3.54. The highest BCUT2D eigenvalue weighted by Crippen LogP contribution is 2.33. The van der Waals surface area contributed by atoms with Gasteiger partial charge in [0.2, 0.25) is 0 Å². The molecule has 1 aliphatic heterocycles. The van der Waals surface area contributed by atoms with E-state index in [1.165, 1.54) is 32.7 Å². The average Bonchev–Trinajstić information content (AvgIpc) is 2.36. The van der Waals surface area contributed by atoms with E-state index in [0.29, 0.717) is 0 Å². The van der Waals surface area contributed by atoms with Crippen molar-refractivity contribution < 1.29 is 0 Å². The molecule has 58 valence electrons. The zero-order valence-corrected chi connectivity index (χ0v) is 8.76.